The number of fused-ring (bicyclic) bond motifs is 1. The largest absolute Gasteiger partial charge is 0.497 e. The maximum absolute atomic E-state index is 5.29. The smallest absolute Gasteiger partial charge is 0.120 e. The van der Waals surface area contributed by atoms with Crippen molar-refractivity contribution >= 4 is 21.4 Å². The summed E-state index contributed by atoms with van der Waals surface area (Å²) in [7, 11) is 1.71. The molecule has 3 aromatic rings. The summed E-state index contributed by atoms with van der Waals surface area (Å²) in [6.45, 7) is 4.34. The summed E-state index contributed by atoms with van der Waals surface area (Å²) in [5.74, 6) is 0.928. The fourth-order valence-electron chi connectivity index (χ4n) is 2.46. The highest BCUT2D eigenvalue weighted by atomic mass is 32.1. The van der Waals surface area contributed by atoms with Gasteiger partial charge in [0.05, 0.1) is 7.11 Å². The minimum atomic E-state index is 0.928. The van der Waals surface area contributed by atoms with Gasteiger partial charge in [-0.3, -0.25) is 0 Å². The average molecular weight is 282 g/mol. The molecule has 1 nitrogen and oxygen atoms in total. The van der Waals surface area contributed by atoms with Crippen LogP contribution < -0.4 is 4.74 Å². The van der Waals surface area contributed by atoms with Crippen LogP contribution in [-0.2, 0) is 6.42 Å². The van der Waals surface area contributed by atoms with Crippen LogP contribution in [0.15, 0.2) is 42.5 Å². The highest BCUT2D eigenvalue weighted by Crippen LogP contribution is 2.31. The topological polar surface area (TPSA) is 9.23 Å². The molecule has 1 heterocycles. The van der Waals surface area contributed by atoms with E-state index < -0.39 is 0 Å². The first-order valence-electron chi connectivity index (χ1n) is 6.78. The molecule has 0 fully saturated rings. The fraction of sp³-hybridized carbons (Fsp3) is 0.222. The lowest BCUT2D eigenvalue weighted by Crippen LogP contribution is -1.90. The van der Waals surface area contributed by atoms with Crippen molar-refractivity contribution in [3.63, 3.8) is 0 Å². The predicted molar refractivity (Wildman–Crippen MR) is 87.1 cm³/mol. The number of ether oxygens (including phenoxy) is 1. The summed E-state index contributed by atoms with van der Waals surface area (Å²) in [5.41, 5.74) is 4.11. The van der Waals surface area contributed by atoms with E-state index in [-0.39, 0.29) is 0 Å². The summed E-state index contributed by atoms with van der Waals surface area (Å²) in [6, 6.07) is 15.2. The second-order valence-corrected chi connectivity index (χ2v) is 6.39. The summed E-state index contributed by atoms with van der Waals surface area (Å²) < 4.78 is 6.59. The second kappa shape index (κ2) is 5.29. The third kappa shape index (κ3) is 2.56. The zero-order valence-electron chi connectivity index (χ0n) is 12.1. The van der Waals surface area contributed by atoms with E-state index in [0.29, 0.717) is 0 Å². The van der Waals surface area contributed by atoms with E-state index in [4.69, 9.17) is 4.74 Å². The van der Waals surface area contributed by atoms with E-state index >= 15 is 0 Å². The summed E-state index contributed by atoms with van der Waals surface area (Å²) in [4.78, 5) is 1.40. The third-order valence-corrected chi connectivity index (χ3v) is 4.75. The maximum Gasteiger partial charge on any atom is 0.120 e. The van der Waals surface area contributed by atoms with Gasteiger partial charge in [0.15, 0.2) is 0 Å². The van der Waals surface area contributed by atoms with Gasteiger partial charge in [0.1, 0.15) is 5.75 Å². The number of benzene rings is 2. The molecule has 0 spiro atoms. The molecular formula is C18H18OS. The molecule has 0 aliphatic heterocycles. The van der Waals surface area contributed by atoms with Gasteiger partial charge in [-0.15, -0.1) is 11.3 Å². The van der Waals surface area contributed by atoms with E-state index in [2.05, 4.69) is 50.2 Å². The molecule has 102 valence electrons. The Balaban J connectivity index is 1.96. The van der Waals surface area contributed by atoms with Crippen LogP contribution in [0, 0.1) is 13.8 Å². The molecule has 0 radical (unpaired) electrons. The van der Waals surface area contributed by atoms with Crippen molar-refractivity contribution in [2.45, 2.75) is 20.3 Å². The molecule has 0 saturated carbocycles. The second-order valence-electron chi connectivity index (χ2n) is 5.22. The van der Waals surface area contributed by atoms with Crippen LogP contribution in [0.2, 0.25) is 0 Å². The van der Waals surface area contributed by atoms with Crippen LogP contribution in [0.5, 0.6) is 5.75 Å². The molecule has 0 amide bonds. The molecule has 0 unspecified atom stereocenters. The van der Waals surface area contributed by atoms with Crippen LogP contribution in [0.4, 0.5) is 0 Å². The van der Waals surface area contributed by atoms with Crippen molar-refractivity contribution in [3.05, 3.63) is 64.0 Å². The maximum atomic E-state index is 5.29. The van der Waals surface area contributed by atoms with Crippen molar-refractivity contribution in [3.8, 4) is 5.75 Å². The van der Waals surface area contributed by atoms with Crippen LogP contribution in [0.1, 0.15) is 21.6 Å². The number of aryl methyl sites for hydroxylation is 2. The van der Waals surface area contributed by atoms with Crippen molar-refractivity contribution in [2.75, 3.05) is 7.11 Å². The Kier molecular flexibility index (Phi) is 3.49. The van der Waals surface area contributed by atoms with Crippen molar-refractivity contribution in [1.29, 1.82) is 0 Å². The number of hydrogen-bond acceptors (Lipinski definition) is 2. The summed E-state index contributed by atoms with van der Waals surface area (Å²) in [5, 5.41) is 1.30. The van der Waals surface area contributed by atoms with Gasteiger partial charge < -0.3 is 4.74 Å². The zero-order chi connectivity index (χ0) is 14.1. The van der Waals surface area contributed by atoms with Gasteiger partial charge in [-0.05, 0) is 54.6 Å². The number of thiophene rings is 1. The molecule has 0 bridgehead atoms. The van der Waals surface area contributed by atoms with E-state index in [0.717, 1.165) is 12.2 Å². The third-order valence-electron chi connectivity index (χ3n) is 3.65. The SMILES string of the molecule is COc1ccc2cc(Cc3cc(C)ccc3C)sc2c1. The highest BCUT2D eigenvalue weighted by molar-refractivity contribution is 7.19. The Labute approximate surface area is 123 Å². The minimum Gasteiger partial charge on any atom is -0.497 e. The van der Waals surface area contributed by atoms with Crippen molar-refractivity contribution in [2.24, 2.45) is 0 Å². The molecule has 0 aliphatic rings. The van der Waals surface area contributed by atoms with Crippen LogP contribution in [-0.4, -0.2) is 7.11 Å². The van der Waals surface area contributed by atoms with Gasteiger partial charge >= 0.3 is 0 Å². The van der Waals surface area contributed by atoms with Crippen LogP contribution >= 0.6 is 11.3 Å². The fourth-order valence-corrected chi connectivity index (χ4v) is 3.57. The van der Waals surface area contributed by atoms with E-state index in [1.54, 1.807) is 7.11 Å². The number of rotatable bonds is 3. The predicted octanol–water partition coefficient (Wildman–Crippen LogP) is 5.12. The lowest BCUT2D eigenvalue weighted by molar-refractivity contribution is 0.415. The Morgan fingerprint density at radius 3 is 2.65 bits per heavy atom. The van der Waals surface area contributed by atoms with Gasteiger partial charge in [-0.1, -0.05) is 23.8 Å². The molecule has 2 heteroatoms. The van der Waals surface area contributed by atoms with Gasteiger partial charge in [-0.2, -0.15) is 0 Å². The molecule has 0 N–H and O–H groups in total. The molecular weight excluding hydrogens is 264 g/mol. The monoisotopic (exact) mass is 282 g/mol. The van der Waals surface area contributed by atoms with Crippen molar-refractivity contribution in [1.82, 2.24) is 0 Å². The summed E-state index contributed by atoms with van der Waals surface area (Å²) in [6.07, 6.45) is 1.01. The molecule has 2 aromatic carbocycles. The van der Waals surface area contributed by atoms with Crippen LogP contribution in [0.25, 0.3) is 10.1 Å². The Morgan fingerprint density at radius 2 is 1.85 bits per heavy atom. The minimum absolute atomic E-state index is 0.928. The zero-order valence-corrected chi connectivity index (χ0v) is 12.9. The van der Waals surface area contributed by atoms with E-state index in [1.165, 1.54) is 31.7 Å². The normalized spacial score (nSPS) is 10.9. The lowest BCUT2D eigenvalue weighted by Gasteiger charge is -2.05. The molecule has 3 rings (SSSR count). The average Bonchev–Trinajstić information content (AvgIpc) is 2.84. The van der Waals surface area contributed by atoms with Gasteiger partial charge in [0.2, 0.25) is 0 Å². The Bertz CT molecular complexity index is 755. The van der Waals surface area contributed by atoms with Crippen molar-refractivity contribution < 1.29 is 4.74 Å². The van der Waals surface area contributed by atoms with Gasteiger partial charge in [-0.25, -0.2) is 0 Å². The van der Waals surface area contributed by atoms with Gasteiger partial charge in [0.25, 0.3) is 0 Å². The Morgan fingerprint density at radius 1 is 1.00 bits per heavy atom. The molecule has 0 aliphatic carbocycles. The first kappa shape index (κ1) is 13.2. The van der Waals surface area contributed by atoms with E-state index in [1.807, 2.05) is 17.4 Å². The number of hydrogen-bond donors (Lipinski definition) is 0. The quantitative estimate of drug-likeness (QED) is 0.648. The molecule has 20 heavy (non-hydrogen) atoms. The first-order chi connectivity index (χ1) is 9.65. The number of methoxy groups -OCH3 is 1. The standard InChI is InChI=1S/C18H18OS/c1-12-4-5-13(2)15(8-12)10-17-9-14-6-7-16(19-3)11-18(14)20-17/h4-9,11H,10H2,1-3H3. The summed E-state index contributed by atoms with van der Waals surface area (Å²) >= 11 is 1.86. The molecule has 0 saturated heterocycles. The molecule has 0 atom stereocenters. The highest BCUT2D eigenvalue weighted by Gasteiger charge is 2.06. The first-order valence-corrected chi connectivity index (χ1v) is 7.60. The van der Waals surface area contributed by atoms with Crippen LogP contribution in [0.3, 0.4) is 0 Å². The van der Waals surface area contributed by atoms with Gasteiger partial charge in [0, 0.05) is 16.0 Å². The lowest BCUT2D eigenvalue weighted by atomic mass is 10.0. The van der Waals surface area contributed by atoms with E-state index in [9.17, 15) is 0 Å². The molecule has 1 aromatic heterocycles. The Hall–Kier alpha value is -1.80.